The topological polar surface area (TPSA) is 38.5 Å². The minimum atomic E-state index is 0.374. The smallest absolute Gasteiger partial charge is 0.0538 e. The van der Waals surface area contributed by atoms with Gasteiger partial charge in [-0.3, -0.25) is 0 Å². The molecule has 0 radical (unpaired) electrons. The maximum atomic E-state index is 5.97. The van der Waals surface area contributed by atoms with Gasteiger partial charge in [0.05, 0.1) is 12.7 Å². The van der Waals surface area contributed by atoms with Crippen LogP contribution in [0.2, 0.25) is 0 Å². The molecular weight excluding hydrogens is 236 g/mol. The van der Waals surface area contributed by atoms with E-state index in [4.69, 9.17) is 10.5 Å². The number of hydrogen-bond acceptors (Lipinski definition) is 3. The molecule has 1 aliphatic heterocycles. The molecule has 0 aromatic rings. The van der Waals surface area contributed by atoms with E-state index in [2.05, 4.69) is 18.7 Å². The molecule has 2 saturated carbocycles. The average molecular weight is 266 g/mol. The van der Waals surface area contributed by atoms with Crippen molar-refractivity contribution in [1.82, 2.24) is 4.90 Å². The van der Waals surface area contributed by atoms with Crippen LogP contribution in [0, 0.1) is 10.8 Å². The SMILES string of the molecule is CC(C)OCC1(CN2CCC3(CC2)CC(N)C3)CC1. The molecule has 2 aliphatic carbocycles. The number of rotatable bonds is 5. The van der Waals surface area contributed by atoms with Gasteiger partial charge in [0.25, 0.3) is 0 Å². The molecule has 1 heterocycles. The molecule has 3 nitrogen and oxygen atoms in total. The maximum absolute atomic E-state index is 5.97. The Labute approximate surface area is 117 Å². The first-order chi connectivity index (χ1) is 9.01. The first-order valence-corrected chi connectivity index (χ1v) is 8.11. The molecule has 1 saturated heterocycles. The van der Waals surface area contributed by atoms with Crippen LogP contribution in [0.15, 0.2) is 0 Å². The zero-order chi connectivity index (χ0) is 13.5. The van der Waals surface area contributed by atoms with Gasteiger partial charge in [-0.05, 0) is 70.9 Å². The molecule has 3 aliphatic rings. The van der Waals surface area contributed by atoms with Gasteiger partial charge in [0, 0.05) is 18.0 Å². The molecule has 19 heavy (non-hydrogen) atoms. The Morgan fingerprint density at radius 3 is 2.26 bits per heavy atom. The van der Waals surface area contributed by atoms with E-state index in [1.165, 1.54) is 58.2 Å². The van der Waals surface area contributed by atoms with Crippen LogP contribution in [0.3, 0.4) is 0 Å². The minimum absolute atomic E-state index is 0.374. The van der Waals surface area contributed by atoms with Gasteiger partial charge in [-0.1, -0.05) is 0 Å². The van der Waals surface area contributed by atoms with Crippen molar-refractivity contribution in [3.05, 3.63) is 0 Å². The van der Waals surface area contributed by atoms with Crippen LogP contribution in [-0.4, -0.2) is 43.3 Å². The van der Waals surface area contributed by atoms with Crippen LogP contribution in [0.5, 0.6) is 0 Å². The fourth-order valence-corrected chi connectivity index (χ4v) is 3.99. The molecule has 0 aromatic carbocycles. The van der Waals surface area contributed by atoms with Crippen LogP contribution in [0.25, 0.3) is 0 Å². The van der Waals surface area contributed by atoms with Gasteiger partial charge in [0.15, 0.2) is 0 Å². The monoisotopic (exact) mass is 266 g/mol. The van der Waals surface area contributed by atoms with Crippen LogP contribution in [0.1, 0.15) is 52.4 Å². The Kier molecular flexibility index (Phi) is 3.65. The first kappa shape index (κ1) is 13.8. The molecule has 2 N–H and O–H groups in total. The molecule has 0 atom stereocenters. The van der Waals surface area contributed by atoms with E-state index >= 15 is 0 Å². The fraction of sp³-hybridized carbons (Fsp3) is 1.00. The predicted octanol–water partition coefficient (Wildman–Crippen LogP) is 2.39. The quantitative estimate of drug-likeness (QED) is 0.830. The van der Waals surface area contributed by atoms with Crippen molar-refractivity contribution in [2.75, 3.05) is 26.2 Å². The Hall–Kier alpha value is -0.120. The summed E-state index contributed by atoms with van der Waals surface area (Å²) in [4.78, 5) is 2.69. The summed E-state index contributed by atoms with van der Waals surface area (Å²) in [5.41, 5.74) is 7.11. The second-order valence-corrected chi connectivity index (χ2v) is 7.80. The number of likely N-dealkylation sites (tertiary alicyclic amines) is 1. The van der Waals surface area contributed by atoms with Gasteiger partial charge < -0.3 is 15.4 Å². The minimum Gasteiger partial charge on any atom is -0.378 e. The van der Waals surface area contributed by atoms with E-state index in [1.54, 1.807) is 0 Å². The molecule has 0 amide bonds. The summed E-state index contributed by atoms with van der Waals surface area (Å²) < 4.78 is 5.85. The molecule has 3 heteroatoms. The standard InChI is InChI=1S/C16H30N2O/c1-13(2)19-12-16(3-4-16)11-18-7-5-15(6-8-18)9-14(17)10-15/h13-14H,3-12,17H2,1-2H3. The molecule has 0 bridgehead atoms. The molecule has 0 aromatic heterocycles. The molecule has 0 unspecified atom stereocenters. The number of ether oxygens (including phenoxy) is 1. The largest absolute Gasteiger partial charge is 0.378 e. The molecule has 3 rings (SSSR count). The lowest BCUT2D eigenvalue weighted by molar-refractivity contribution is -0.00597. The predicted molar refractivity (Wildman–Crippen MR) is 78.1 cm³/mol. The highest BCUT2D eigenvalue weighted by Gasteiger charge is 2.48. The van der Waals surface area contributed by atoms with Crippen LogP contribution in [-0.2, 0) is 4.74 Å². The Balaban J connectivity index is 1.42. The number of nitrogens with two attached hydrogens (primary N) is 1. The third-order valence-corrected chi connectivity index (χ3v) is 5.55. The van der Waals surface area contributed by atoms with E-state index in [0.717, 1.165) is 6.61 Å². The van der Waals surface area contributed by atoms with E-state index in [9.17, 15) is 0 Å². The molecule has 110 valence electrons. The van der Waals surface area contributed by atoms with E-state index < -0.39 is 0 Å². The Morgan fingerprint density at radius 1 is 1.16 bits per heavy atom. The highest BCUT2D eigenvalue weighted by molar-refractivity contribution is 5.01. The summed E-state index contributed by atoms with van der Waals surface area (Å²) in [5.74, 6) is 0. The lowest BCUT2D eigenvalue weighted by Crippen LogP contribution is -2.52. The lowest BCUT2D eigenvalue weighted by atomic mass is 9.60. The van der Waals surface area contributed by atoms with Crippen molar-refractivity contribution in [3.63, 3.8) is 0 Å². The zero-order valence-corrected chi connectivity index (χ0v) is 12.7. The van der Waals surface area contributed by atoms with Crippen LogP contribution < -0.4 is 5.73 Å². The van der Waals surface area contributed by atoms with E-state index in [1.807, 2.05) is 0 Å². The van der Waals surface area contributed by atoms with Gasteiger partial charge in [-0.15, -0.1) is 0 Å². The summed E-state index contributed by atoms with van der Waals surface area (Å²) in [7, 11) is 0. The Morgan fingerprint density at radius 2 is 1.79 bits per heavy atom. The summed E-state index contributed by atoms with van der Waals surface area (Å²) in [5, 5.41) is 0. The van der Waals surface area contributed by atoms with Crippen molar-refractivity contribution in [2.45, 2.75) is 64.5 Å². The molecular formula is C16H30N2O. The van der Waals surface area contributed by atoms with Gasteiger partial charge in [0.1, 0.15) is 0 Å². The number of nitrogens with zero attached hydrogens (tertiary/aromatic N) is 1. The van der Waals surface area contributed by atoms with Gasteiger partial charge in [-0.2, -0.15) is 0 Å². The van der Waals surface area contributed by atoms with E-state index in [0.29, 0.717) is 23.0 Å². The van der Waals surface area contributed by atoms with Crippen LogP contribution >= 0.6 is 0 Å². The van der Waals surface area contributed by atoms with Crippen molar-refractivity contribution in [2.24, 2.45) is 16.6 Å². The second kappa shape index (κ2) is 5.01. The Bertz CT molecular complexity index is 309. The van der Waals surface area contributed by atoms with Crippen molar-refractivity contribution >= 4 is 0 Å². The first-order valence-electron chi connectivity index (χ1n) is 8.11. The van der Waals surface area contributed by atoms with Gasteiger partial charge in [0.2, 0.25) is 0 Å². The lowest BCUT2D eigenvalue weighted by Gasteiger charge is -2.51. The number of piperidine rings is 1. The third-order valence-electron chi connectivity index (χ3n) is 5.55. The highest BCUT2D eigenvalue weighted by Crippen LogP contribution is 2.51. The number of hydrogen-bond donors (Lipinski definition) is 1. The van der Waals surface area contributed by atoms with Gasteiger partial charge >= 0.3 is 0 Å². The molecule has 1 spiro atoms. The fourth-order valence-electron chi connectivity index (χ4n) is 3.99. The highest BCUT2D eigenvalue weighted by atomic mass is 16.5. The van der Waals surface area contributed by atoms with Gasteiger partial charge in [-0.25, -0.2) is 0 Å². The second-order valence-electron chi connectivity index (χ2n) is 7.80. The van der Waals surface area contributed by atoms with Crippen molar-refractivity contribution < 1.29 is 4.74 Å². The zero-order valence-electron chi connectivity index (χ0n) is 12.7. The van der Waals surface area contributed by atoms with Crippen molar-refractivity contribution in [1.29, 1.82) is 0 Å². The summed E-state index contributed by atoms with van der Waals surface area (Å²) in [6.07, 6.45) is 8.42. The summed E-state index contributed by atoms with van der Waals surface area (Å²) >= 11 is 0. The summed E-state index contributed by atoms with van der Waals surface area (Å²) in [6.45, 7) is 9.09. The van der Waals surface area contributed by atoms with E-state index in [-0.39, 0.29) is 0 Å². The third kappa shape index (κ3) is 3.14. The maximum Gasteiger partial charge on any atom is 0.0538 e. The normalized spacial score (nSPS) is 29.7. The molecule has 3 fully saturated rings. The van der Waals surface area contributed by atoms with Crippen molar-refractivity contribution in [3.8, 4) is 0 Å². The average Bonchev–Trinajstić information content (AvgIpc) is 3.08. The summed E-state index contributed by atoms with van der Waals surface area (Å²) in [6, 6.07) is 0.501. The van der Waals surface area contributed by atoms with Crippen LogP contribution in [0.4, 0.5) is 0 Å².